The predicted octanol–water partition coefficient (Wildman–Crippen LogP) is 1.91. The smallest absolute Gasteiger partial charge is 0.0575 e. The van der Waals surface area contributed by atoms with Crippen LogP contribution in [0.25, 0.3) is 0 Å². The SMILES string of the molecule is CC(C)CN(CCN(C)C)CC(C)(C)C(C)O. The molecule has 0 aromatic carbocycles. The molecule has 0 radical (unpaired) electrons. The fourth-order valence-corrected chi connectivity index (χ4v) is 1.80. The Morgan fingerprint density at radius 2 is 1.59 bits per heavy atom. The average molecular weight is 244 g/mol. The van der Waals surface area contributed by atoms with Crippen molar-refractivity contribution in [3.8, 4) is 0 Å². The Kier molecular flexibility index (Phi) is 7.29. The quantitative estimate of drug-likeness (QED) is 0.706. The second-order valence-corrected chi connectivity index (χ2v) is 6.60. The highest BCUT2D eigenvalue weighted by Crippen LogP contribution is 2.22. The summed E-state index contributed by atoms with van der Waals surface area (Å²) in [5, 5.41) is 9.80. The van der Waals surface area contributed by atoms with Gasteiger partial charge in [-0.2, -0.15) is 0 Å². The number of hydrogen-bond acceptors (Lipinski definition) is 3. The summed E-state index contributed by atoms with van der Waals surface area (Å²) >= 11 is 0. The molecule has 0 aromatic heterocycles. The molecule has 0 rings (SSSR count). The minimum atomic E-state index is -0.267. The zero-order valence-corrected chi connectivity index (χ0v) is 12.8. The number of hydrogen-bond donors (Lipinski definition) is 1. The van der Waals surface area contributed by atoms with Gasteiger partial charge >= 0.3 is 0 Å². The fourth-order valence-electron chi connectivity index (χ4n) is 1.80. The van der Waals surface area contributed by atoms with E-state index in [9.17, 15) is 5.11 Å². The van der Waals surface area contributed by atoms with E-state index in [2.05, 4.69) is 51.6 Å². The van der Waals surface area contributed by atoms with E-state index in [1.807, 2.05) is 6.92 Å². The first-order valence-electron chi connectivity index (χ1n) is 6.70. The van der Waals surface area contributed by atoms with E-state index in [4.69, 9.17) is 0 Å². The Morgan fingerprint density at radius 3 is 1.94 bits per heavy atom. The van der Waals surface area contributed by atoms with E-state index in [1.54, 1.807) is 0 Å². The summed E-state index contributed by atoms with van der Waals surface area (Å²) in [7, 11) is 4.21. The van der Waals surface area contributed by atoms with Crippen molar-refractivity contribution in [1.29, 1.82) is 0 Å². The van der Waals surface area contributed by atoms with Gasteiger partial charge in [0.25, 0.3) is 0 Å². The molecule has 0 fully saturated rings. The van der Waals surface area contributed by atoms with Crippen molar-refractivity contribution in [2.75, 3.05) is 40.3 Å². The number of aliphatic hydroxyl groups excluding tert-OH is 1. The van der Waals surface area contributed by atoms with Crippen LogP contribution >= 0.6 is 0 Å². The van der Waals surface area contributed by atoms with Gasteiger partial charge in [0.15, 0.2) is 0 Å². The minimum absolute atomic E-state index is 0.0405. The first kappa shape index (κ1) is 16.9. The first-order valence-corrected chi connectivity index (χ1v) is 6.70. The van der Waals surface area contributed by atoms with Crippen LogP contribution in [0.2, 0.25) is 0 Å². The Balaban J connectivity index is 4.37. The van der Waals surface area contributed by atoms with Crippen LogP contribution in [0, 0.1) is 11.3 Å². The second-order valence-electron chi connectivity index (χ2n) is 6.60. The van der Waals surface area contributed by atoms with Gasteiger partial charge in [-0.3, -0.25) is 0 Å². The van der Waals surface area contributed by atoms with Gasteiger partial charge in [0, 0.05) is 31.6 Å². The zero-order chi connectivity index (χ0) is 13.6. The minimum Gasteiger partial charge on any atom is -0.393 e. The van der Waals surface area contributed by atoms with Crippen LogP contribution < -0.4 is 0 Å². The van der Waals surface area contributed by atoms with Crippen LogP contribution in [-0.4, -0.2) is 61.3 Å². The normalized spacial score (nSPS) is 15.0. The molecular formula is C14H32N2O. The second kappa shape index (κ2) is 7.34. The van der Waals surface area contributed by atoms with Crippen molar-refractivity contribution in [2.45, 2.75) is 40.7 Å². The highest BCUT2D eigenvalue weighted by molar-refractivity contribution is 4.79. The zero-order valence-electron chi connectivity index (χ0n) is 12.8. The Labute approximate surface area is 108 Å². The molecule has 1 unspecified atom stereocenters. The number of likely N-dealkylation sites (N-methyl/N-ethyl adjacent to an activating group) is 1. The van der Waals surface area contributed by atoms with Crippen LogP contribution in [0.3, 0.4) is 0 Å². The lowest BCUT2D eigenvalue weighted by atomic mass is 9.86. The third kappa shape index (κ3) is 7.74. The third-order valence-corrected chi connectivity index (χ3v) is 3.25. The van der Waals surface area contributed by atoms with E-state index in [-0.39, 0.29) is 11.5 Å². The number of nitrogens with zero attached hydrogens (tertiary/aromatic N) is 2. The molecule has 3 nitrogen and oxygen atoms in total. The van der Waals surface area contributed by atoms with E-state index >= 15 is 0 Å². The molecule has 0 aliphatic heterocycles. The van der Waals surface area contributed by atoms with Crippen LogP contribution in [0.1, 0.15) is 34.6 Å². The predicted molar refractivity (Wildman–Crippen MR) is 75.3 cm³/mol. The summed E-state index contributed by atoms with van der Waals surface area (Å²) in [6, 6.07) is 0. The molecule has 0 saturated heterocycles. The van der Waals surface area contributed by atoms with E-state index in [1.165, 1.54) is 0 Å². The highest BCUT2D eigenvalue weighted by atomic mass is 16.3. The maximum absolute atomic E-state index is 9.80. The Morgan fingerprint density at radius 1 is 1.06 bits per heavy atom. The Bertz CT molecular complexity index is 200. The van der Waals surface area contributed by atoms with E-state index in [0.29, 0.717) is 5.92 Å². The maximum Gasteiger partial charge on any atom is 0.0575 e. The number of aliphatic hydroxyl groups is 1. The molecule has 0 saturated carbocycles. The summed E-state index contributed by atoms with van der Waals surface area (Å²) in [5.74, 6) is 0.668. The van der Waals surface area contributed by atoms with Crippen molar-refractivity contribution in [2.24, 2.45) is 11.3 Å². The monoisotopic (exact) mass is 244 g/mol. The molecule has 0 heterocycles. The van der Waals surface area contributed by atoms with Crippen LogP contribution in [0.4, 0.5) is 0 Å². The highest BCUT2D eigenvalue weighted by Gasteiger charge is 2.27. The van der Waals surface area contributed by atoms with Gasteiger partial charge in [-0.15, -0.1) is 0 Å². The van der Waals surface area contributed by atoms with Gasteiger partial charge in [0.1, 0.15) is 0 Å². The molecule has 0 aliphatic rings. The maximum atomic E-state index is 9.80. The van der Waals surface area contributed by atoms with Crippen molar-refractivity contribution in [1.82, 2.24) is 9.80 Å². The standard InChI is InChI=1S/C14H32N2O/c1-12(2)10-16(9-8-15(6)7)11-14(4,5)13(3)17/h12-13,17H,8-11H2,1-7H3. The summed E-state index contributed by atoms with van der Waals surface area (Å²) in [5.41, 5.74) is -0.0405. The molecule has 17 heavy (non-hydrogen) atoms. The van der Waals surface area contributed by atoms with Crippen LogP contribution in [-0.2, 0) is 0 Å². The molecule has 0 aromatic rings. The van der Waals surface area contributed by atoms with Gasteiger partial charge in [-0.05, 0) is 26.9 Å². The van der Waals surface area contributed by atoms with Gasteiger partial charge in [0.2, 0.25) is 0 Å². The molecule has 0 amide bonds. The largest absolute Gasteiger partial charge is 0.393 e. The molecule has 1 N–H and O–H groups in total. The van der Waals surface area contributed by atoms with E-state index < -0.39 is 0 Å². The summed E-state index contributed by atoms with van der Waals surface area (Å²) in [6.07, 6.45) is -0.267. The van der Waals surface area contributed by atoms with Crippen molar-refractivity contribution < 1.29 is 5.11 Å². The fraction of sp³-hybridized carbons (Fsp3) is 1.00. The van der Waals surface area contributed by atoms with Crippen molar-refractivity contribution in [3.63, 3.8) is 0 Å². The molecule has 0 aliphatic carbocycles. The Hall–Kier alpha value is -0.120. The summed E-state index contributed by atoms with van der Waals surface area (Å²) < 4.78 is 0. The van der Waals surface area contributed by atoms with Crippen molar-refractivity contribution >= 4 is 0 Å². The van der Waals surface area contributed by atoms with Crippen molar-refractivity contribution in [3.05, 3.63) is 0 Å². The number of rotatable bonds is 8. The first-order chi connectivity index (χ1) is 7.65. The topological polar surface area (TPSA) is 26.7 Å². The molecule has 104 valence electrons. The van der Waals surface area contributed by atoms with Gasteiger partial charge in [0.05, 0.1) is 6.10 Å². The molecule has 0 spiro atoms. The summed E-state index contributed by atoms with van der Waals surface area (Å²) in [6.45, 7) is 14.9. The van der Waals surface area contributed by atoms with Gasteiger partial charge < -0.3 is 14.9 Å². The van der Waals surface area contributed by atoms with Gasteiger partial charge in [-0.1, -0.05) is 27.7 Å². The average Bonchev–Trinajstić information content (AvgIpc) is 2.12. The third-order valence-electron chi connectivity index (χ3n) is 3.25. The van der Waals surface area contributed by atoms with Gasteiger partial charge in [-0.25, -0.2) is 0 Å². The molecule has 1 atom stereocenters. The summed E-state index contributed by atoms with van der Waals surface area (Å²) in [4.78, 5) is 4.68. The lowest BCUT2D eigenvalue weighted by molar-refractivity contribution is 0.0299. The van der Waals surface area contributed by atoms with Crippen LogP contribution in [0.5, 0.6) is 0 Å². The van der Waals surface area contributed by atoms with Crippen LogP contribution in [0.15, 0.2) is 0 Å². The van der Waals surface area contributed by atoms with E-state index in [0.717, 1.165) is 26.2 Å². The molecule has 3 heteroatoms. The lowest BCUT2D eigenvalue weighted by Gasteiger charge is -2.36. The lowest BCUT2D eigenvalue weighted by Crippen LogP contribution is -2.44. The molecular weight excluding hydrogens is 212 g/mol. The molecule has 0 bridgehead atoms.